The largest absolute Gasteiger partial charge is 0.433 e. The van der Waals surface area contributed by atoms with Gasteiger partial charge in [-0.3, -0.25) is 9.59 Å². The Bertz CT molecular complexity index is 512. The molecule has 0 aromatic carbocycles. The highest BCUT2D eigenvalue weighted by Crippen LogP contribution is 2.30. The molecule has 0 aliphatic heterocycles. The van der Waals surface area contributed by atoms with E-state index in [1.54, 1.807) is 0 Å². The Morgan fingerprint density at radius 2 is 1.89 bits per heavy atom. The van der Waals surface area contributed by atoms with Crippen LogP contribution in [0.5, 0.6) is 0 Å². The number of rotatable bonds is 1. The lowest BCUT2D eigenvalue weighted by Gasteiger charge is -2.12. The van der Waals surface area contributed by atoms with E-state index < -0.39 is 23.7 Å². The van der Waals surface area contributed by atoms with Crippen LogP contribution in [0.2, 0.25) is 0 Å². The summed E-state index contributed by atoms with van der Waals surface area (Å²) in [7, 11) is 2.77. The van der Waals surface area contributed by atoms with Crippen LogP contribution in [-0.4, -0.2) is 35.8 Å². The molecule has 0 unspecified atom stereocenters. The fourth-order valence-corrected chi connectivity index (χ4v) is 1.33. The number of nitrogens with zero attached hydrogens (tertiary/aromatic N) is 2. The smallest absolute Gasteiger partial charge is 0.341 e. The molecular formula is C11H12F3N3O2. The Hall–Kier alpha value is -2.12. The first-order valence-electron chi connectivity index (χ1n) is 5.19. The third-order valence-electron chi connectivity index (χ3n) is 2.21. The maximum absolute atomic E-state index is 12.5. The maximum atomic E-state index is 12.5. The highest BCUT2D eigenvalue weighted by Gasteiger charge is 2.34. The normalized spacial score (nSPS) is 11.1. The Morgan fingerprint density at radius 3 is 2.32 bits per heavy atom. The van der Waals surface area contributed by atoms with Crippen molar-refractivity contribution in [2.75, 3.05) is 19.4 Å². The predicted octanol–water partition coefficient (Wildman–Crippen LogP) is 1.44. The summed E-state index contributed by atoms with van der Waals surface area (Å²) in [6, 6.07) is 1.11. The number of hydrogen-bond donors (Lipinski definition) is 1. The van der Waals surface area contributed by atoms with Gasteiger partial charge in [-0.25, -0.2) is 4.98 Å². The van der Waals surface area contributed by atoms with Crippen molar-refractivity contribution >= 4 is 17.5 Å². The third kappa shape index (κ3) is 3.67. The SMILES string of the molecule is Cc1cc(NC(=O)C(=O)N(C)C)cnc1C(F)(F)F. The Labute approximate surface area is 107 Å². The molecule has 5 nitrogen and oxygen atoms in total. The molecule has 1 N–H and O–H groups in total. The molecule has 0 radical (unpaired) electrons. The minimum atomic E-state index is -4.55. The molecular weight excluding hydrogens is 263 g/mol. The van der Waals surface area contributed by atoms with E-state index >= 15 is 0 Å². The number of amides is 2. The number of alkyl halides is 3. The van der Waals surface area contributed by atoms with Gasteiger partial charge in [0.05, 0.1) is 11.9 Å². The van der Waals surface area contributed by atoms with Gasteiger partial charge in [-0.2, -0.15) is 13.2 Å². The van der Waals surface area contributed by atoms with Gasteiger partial charge >= 0.3 is 18.0 Å². The molecule has 2 amide bonds. The number of halogens is 3. The molecule has 0 atom stereocenters. The van der Waals surface area contributed by atoms with Gasteiger partial charge in [0.2, 0.25) is 0 Å². The van der Waals surface area contributed by atoms with Crippen molar-refractivity contribution in [3.8, 4) is 0 Å². The van der Waals surface area contributed by atoms with Gasteiger partial charge in [0.25, 0.3) is 0 Å². The number of aromatic nitrogens is 1. The first-order valence-corrected chi connectivity index (χ1v) is 5.19. The minimum absolute atomic E-state index is 0.0331. The molecule has 0 fully saturated rings. The van der Waals surface area contributed by atoms with Gasteiger partial charge in [0.1, 0.15) is 5.69 Å². The number of pyridine rings is 1. The molecule has 8 heteroatoms. The third-order valence-corrected chi connectivity index (χ3v) is 2.21. The van der Waals surface area contributed by atoms with E-state index in [0.29, 0.717) is 0 Å². The predicted molar refractivity (Wildman–Crippen MR) is 61.3 cm³/mol. The van der Waals surface area contributed by atoms with Crippen molar-refractivity contribution in [1.82, 2.24) is 9.88 Å². The average molecular weight is 275 g/mol. The lowest BCUT2D eigenvalue weighted by molar-refractivity contribution is -0.141. The molecule has 0 aliphatic rings. The van der Waals surface area contributed by atoms with Gasteiger partial charge in [0.15, 0.2) is 0 Å². The number of carbonyl (C=O) groups excluding carboxylic acids is 2. The summed E-state index contributed by atoms with van der Waals surface area (Å²) < 4.78 is 37.4. The van der Waals surface area contributed by atoms with Gasteiger partial charge in [-0.05, 0) is 18.6 Å². The molecule has 0 aliphatic carbocycles. The first kappa shape index (κ1) is 14.9. The fourth-order valence-electron chi connectivity index (χ4n) is 1.33. The molecule has 19 heavy (non-hydrogen) atoms. The lowest BCUT2D eigenvalue weighted by Crippen LogP contribution is -2.34. The monoisotopic (exact) mass is 275 g/mol. The second-order valence-electron chi connectivity index (χ2n) is 4.04. The maximum Gasteiger partial charge on any atom is 0.433 e. The van der Waals surface area contributed by atoms with E-state index in [2.05, 4.69) is 10.3 Å². The fraction of sp³-hybridized carbons (Fsp3) is 0.364. The quantitative estimate of drug-likeness (QED) is 0.789. The number of nitrogens with one attached hydrogen (secondary N) is 1. The lowest BCUT2D eigenvalue weighted by atomic mass is 10.2. The highest BCUT2D eigenvalue weighted by atomic mass is 19.4. The summed E-state index contributed by atoms with van der Waals surface area (Å²) in [6.07, 6.45) is -3.69. The van der Waals surface area contributed by atoms with Crippen LogP contribution in [-0.2, 0) is 15.8 Å². The van der Waals surface area contributed by atoms with E-state index in [9.17, 15) is 22.8 Å². The summed E-state index contributed by atoms with van der Waals surface area (Å²) in [4.78, 5) is 27.0. The zero-order valence-electron chi connectivity index (χ0n) is 10.5. The second-order valence-corrected chi connectivity index (χ2v) is 4.04. The van der Waals surface area contributed by atoms with Crippen LogP contribution in [0, 0.1) is 6.92 Å². The zero-order chi connectivity index (χ0) is 14.8. The minimum Gasteiger partial charge on any atom is -0.341 e. The molecule has 1 rings (SSSR count). The van der Waals surface area contributed by atoms with Crippen molar-refractivity contribution in [3.05, 3.63) is 23.5 Å². The van der Waals surface area contributed by atoms with Crippen LogP contribution in [0.25, 0.3) is 0 Å². The molecule has 0 saturated heterocycles. The zero-order valence-corrected chi connectivity index (χ0v) is 10.5. The Morgan fingerprint density at radius 1 is 1.32 bits per heavy atom. The van der Waals surface area contributed by atoms with Crippen LogP contribution in [0.1, 0.15) is 11.3 Å². The molecule has 1 aromatic heterocycles. The molecule has 0 bridgehead atoms. The summed E-state index contributed by atoms with van der Waals surface area (Å²) >= 11 is 0. The van der Waals surface area contributed by atoms with Gasteiger partial charge in [0, 0.05) is 14.1 Å². The average Bonchev–Trinajstić information content (AvgIpc) is 2.25. The summed E-state index contributed by atoms with van der Waals surface area (Å²) in [5.74, 6) is -1.75. The van der Waals surface area contributed by atoms with Crippen LogP contribution >= 0.6 is 0 Å². The molecule has 1 heterocycles. The van der Waals surface area contributed by atoms with Crippen molar-refractivity contribution in [2.45, 2.75) is 13.1 Å². The van der Waals surface area contributed by atoms with Crippen molar-refractivity contribution in [3.63, 3.8) is 0 Å². The van der Waals surface area contributed by atoms with Gasteiger partial charge in [-0.1, -0.05) is 0 Å². The van der Waals surface area contributed by atoms with Crippen molar-refractivity contribution in [1.29, 1.82) is 0 Å². The summed E-state index contributed by atoms with van der Waals surface area (Å²) in [5, 5.41) is 2.18. The van der Waals surface area contributed by atoms with E-state index in [1.807, 2.05) is 0 Å². The van der Waals surface area contributed by atoms with Crippen molar-refractivity contribution < 1.29 is 22.8 Å². The number of anilines is 1. The van der Waals surface area contributed by atoms with Crippen molar-refractivity contribution in [2.24, 2.45) is 0 Å². The number of hydrogen-bond acceptors (Lipinski definition) is 3. The highest BCUT2D eigenvalue weighted by molar-refractivity contribution is 6.39. The van der Waals surface area contributed by atoms with E-state index in [0.717, 1.165) is 17.2 Å². The van der Waals surface area contributed by atoms with Gasteiger partial charge < -0.3 is 10.2 Å². The van der Waals surface area contributed by atoms with Crippen LogP contribution < -0.4 is 5.32 Å². The number of carbonyl (C=O) groups is 2. The molecule has 1 aromatic rings. The standard InChI is InChI=1S/C11H12F3N3O2/c1-6-4-7(5-15-8(6)11(12,13)14)16-9(18)10(19)17(2)3/h4-5H,1-3H3,(H,16,18). The van der Waals surface area contributed by atoms with E-state index in [4.69, 9.17) is 0 Å². The Kier molecular flexibility index (Phi) is 4.13. The molecule has 0 saturated carbocycles. The summed E-state index contributed by atoms with van der Waals surface area (Å²) in [6.45, 7) is 1.22. The van der Waals surface area contributed by atoms with Crippen LogP contribution in [0.4, 0.5) is 18.9 Å². The first-order chi connectivity index (χ1) is 8.62. The van der Waals surface area contributed by atoms with Crippen LogP contribution in [0.3, 0.4) is 0 Å². The summed E-state index contributed by atoms with van der Waals surface area (Å²) in [5.41, 5.74) is -1.13. The molecule has 104 valence electrons. The Balaban J connectivity index is 2.91. The van der Waals surface area contributed by atoms with Crippen LogP contribution in [0.15, 0.2) is 12.3 Å². The number of aryl methyl sites for hydroxylation is 1. The topological polar surface area (TPSA) is 62.3 Å². The molecule has 0 spiro atoms. The van der Waals surface area contributed by atoms with E-state index in [1.165, 1.54) is 21.0 Å². The van der Waals surface area contributed by atoms with E-state index in [-0.39, 0.29) is 11.3 Å². The number of likely N-dealkylation sites (N-methyl/N-ethyl adjacent to an activating group) is 1. The second kappa shape index (κ2) is 5.25. The van der Waals surface area contributed by atoms with Gasteiger partial charge in [-0.15, -0.1) is 0 Å².